The van der Waals surface area contributed by atoms with Crippen LogP contribution >= 0.6 is 0 Å². The van der Waals surface area contributed by atoms with Crippen molar-refractivity contribution in [1.82, 2.24) is 0 Å². The number of benzene rings is 4. The van der Waals surface area contributed by atoms with Crippen molar-refractivity contribution in [3.8, 4) is 0 Å². The maximum Gasteiger partial charge on any atom is 1.00 e. The van der Waals surface area contributed by atoms with Gasteiger partial charge in [-0.15, -0.1) is 0 Å². The van der Waals surface area contributed by atoms with Crippen LogP contribution in [0.25, 0.3) is 10.8 Å². The summed E-state index contributed by atoms with van der Waals surface area (Å²) in [6.45, 7) is 0. The summed E-state index contributed by atoms with van der Waals surface area (Å²) in [4.78, 5) is -0.201. The van der Waals surface area contributed by atoms with Crippen LogP contribution in [0.1, 0.15) is 22.6 Å². The van der Waals surface area contributed by atoms with Crippen LogP contribution in [-0.2, 0) is 10.1 Å². The van der Waals surface area contributed by atoms with Crippen molar-refractivity contribution in [3.05, 3.63) is 114 Å². The largest absolute Gasteiger partial charge is 1.00 e. The topological polar surface area (TPSA) is 57.2 Å². The molecule has 4 rings (SSSR count). The Hall–Kier alpha value is -1.31. The van der Waals surface area contributed by atoms with Crippen LogP contribution in [0.3, 0.4) is 0 Å². The fraction of sp³-hybridized carbons (Fsp3) is 0.0435. The summed E-state index contributed by atoms with van der Waals surface area (Å²) in [5, 5.41) is 1.67. The smallest absolute Gasteiger partial charge is 0.744 e. The summed E-state index contributed by atoms with van der Waals surface area (Å²) < 4.78 is 35.3. The van der Waals surface area contributed by atoms with Crippen molar-refractivity contribution in [2.75, 3.05) is 0 Å². The molecular formula is C23H17KO3S. The van der Waals surface area contributed by atoms with Gasteiger partial charge in [0.2, 0.25) is 0 Å². The van der Waals surface area contributed by atoms with Crippen LogP contribution < -0.4 is 51.4 Å². The summed E-state index contributed by atoms with van der Waals surface area (Å²) in [6, 6.07) is 30.3. The predicted molar refractivity (Wildman–Crippen MR) is 106 cm³/mol. The molecule has 0 saturated heterocycles. The molecular weight excluding hydrogens is 395 g/mol. The first-order valence-electron chi connectivity index (χ1n) is 8.62. The molecule has 0 N–H and O–H groups in total. The third kappa shape index (κ3) is 4.47. The van der Waals surface area contributed by atoms with Crippen LogP contribution in [0.2, 0.25) is 0 Å². The Morgan fingerprint density at radius 2 is 1.18 bits per heavy atom. The molecule has 0 atom stereocenters. The van der Waals surface area contributed by atoms with E-state index in [-0.39, 0.29) is 62.2 Å². The summed E-state index contributed by atoms with van der Waals surface area (Å²) in [5.74, 6) is -0.181. The number of hydrogen-bond donors (Lipinski definition) is 0. The monoisotopic (exact) mass is 412 g/mol. The van der Waals surface area contributed by atoms with Crippen molar-refractivity contribution in [2.45, 2.75) is 10.8 Å². The van der Waals surface area contributed by atoms with E-state index < -0.39 is 10.1 Å². The van der Waals surface area contributed by atoms with Gasteiger partial charge in [-0.25, -0.2) is 8.42 Å². The quantitative estimate of drug-likeness (QED) is 0.292. The van der Waals surface area contributed by atoms with Gasteiger partial charge in [0.25, 0.3) is 0 Å². The van der Waals surface area contributed by atoms with E-state index in [9.17, 15) is 13.0 Å². The molecule has 0 aliphatic carbocycles. The summed E-state index contributed by atoms with van der Waals surface area (Å²) in [6.07, 6.45) is 0. The molecule has 134 valence electrons. The molecule has 0 heterocycles. The summed E-state index contributed by atoms with van der Waals surface area (Å²) in [7, 11) is -4.56. The molecule has 5 heteroatoms. The van der Waals surface area contributed by atoms with E-state index in [0.29, 0.717) is 0 Å². The number of rotatable bonds is 4. The van der Waals surface area contributed by atoms with Crippen LogP contribution in [0.4, 0.5) is 0 Å². The van der Waals surface area contributed by atoms with E-state index in [0.717, 1.165) is 27.5 Å². The van der Waals surface area contributed by atoms with Crippen molar-refractivity contribution in [3.63, 3.8) is 0 Å². The zero-order chi connectivity index (χ0) is 18.9. The fourth-order valence-electron chi connectivity index (χ4n) is 3.54. The SMILES string of the molecule is O=S(=O)([O-])c1cc(C(c2ccccc2)c2ccccc2)c2ccccc2c1.[K+]. The van der Waals surface area contributed by atoms with Crippen molar-refractivity contribution in [1.29, 1.82) is 0 Å². The molecule has 3 nitrogen and oxygen atoms in total. The van der Waals surface area contributed by atoms with E-state index in [1.54, 1.807) is 0 Å². The first-order valence-corrected chi connectivity index (χ1v) is 10.0. The normalized spacial score (nSPS) is 11.4. The molecule has 0 unspecified atom stereocenters. The molecule has 0 bridgehead atoms. The van der Waals surface area contributed by atoms with Crippen LogP contribution in [0, 0.1) is 0 Å². The first-order chi connectivity index (χ1) is 13.0. The zero-order valence-corrected chi connectivity index (χ0v) is 19.4. The molecule has 0 amide bonds. The second-order valence-corrected chi connectivity index (χ2v) is 7.82. The fourth-order valence-corrected chi connectivity index (χ4v) is 4.08. The number of fused-ring (bicyclic) bond motifs is 1. The minimum Gasteiger partial charge on any atom is -0.744 e. The molecule has 0 fully saturated rings. The van der Waals surface area contributed by atoms with Gasteiger partial charge in [-0.1, -0.05) is 84.9 Å². The third-order valence-electron chi connectivity index (χ3n) is 4.73. The van der Waals surface area contributed by atoms with Gasteiger partial charge in [0, 0.05) is 5.92 Å². The molecule has 0 aliphatic heterocycles. The maximum atomic E-state index is 11.8. The van der Waals surface area contributed by atoms with Gasteiger partial charge in [0.05, 0.1) is 4.90 Å². The molecule has 0 aliphatic rings. The van der Waals surface area contributed by atoms with Crippen molar-refractivity contribution < 1.29 is 64.4 Å². The Bertz CT molecular complexity index is 1150. The predicted octanol–water partition coefficient (Wildman–Crippen LogP) is 1.93. The number of hydrogen-bond acceptors (Lipinski definition) is 3. The van der Waals surface area contributed by atoms with Gasteiger partial charge in [0.15, 0.2) is 0 Å². The average Bonchev–Trinajstić information content (AvgIpc) is 2.69. The Kier molecular flexibility index (Phi) is 6.88. The third-order valence-corrected chi connectivity index (χ3v) is 5.55. The molecule has 28 heavy (non-hydrogen) atoms. The maximum absolute atomic E-state index is 11.8. The minimum absolute atomic E-state index is 0. The van der Waals surface area contributed by atoms with Crippen molar-refractivity contribution >= 4 is 20.9 Å². The Morgan fingerprint density at radius 3 is 1.71 bits per heavy atom. The average molecular weight is 413 g/mol. The van der Waals surface area contributed by atoms with E-state index in [1.165, 1.54) is 12.1 Å². The van der Waals surface area contributed by atoms with Gasteiger partial charge < -0.3 is 4.55 Å². The Morgan fingerprint density at radius 1 is 0.679 bits per heavy atom. The minimum atomic E-state index is -4.56. The second kappa shape index (κ2) is 9.01. The summed E-state index contributed by atoms with van der Waals surface area (Å²) in [5.41, 5.74) is 2.88. The second-order valence-electron chi connectivity index (χ2n) is 6.44. The molecule has 0 saturated carbocycles. The first kappa shape index (κ1) is 21.4. The van der Waals surface area contributed by atoms with E-state index >= 15 is 0 Å². The Balaban J connectivity index is 0.00000225. The molecule has 4 aromatic rings. The van der Waals surface area contributed by atoms with E-state index in [4.69, 9.17) is 0 Å². The molecule has 0 radical (unpaired) electrons. The van der Waals surface area contributed by atoms with Crippen LogP contribution in [-0.4, -0.2) is 13.0 Å². The van der Waals surface area contributed by atoms with Gasteiger partial charge >= 0.3 is 51.4 Å². The van der Waals surface area contributed by atoms with E-state index in [2.05, 4.69) is 0 Å². The summed E-state index contributed by atoms with van der Waals surface area (Å²) >= 11 is 0. The van der Waals surface area contributed by atoms with Crippen molar-refractivity contribution in [2.24, 2.45) is 0 Å². The Labute approximate surface area is 207 Å². The van der Waals surface area contributed by atoms with Gasteiger partial charge in [0.1, 0.15) is 10.1 Å². The van der Waals surface area contributed by atoms with E-state index in [1.807, 2.05) is 84.9 Å². The molecule has 0 aromatic heterocycles. The van der Waals surface area contributed by atoms with Crippen LogP contribution in [0.15, 0.2) is 102 Å². The standard InChI is InChI=1S/C23H18O3S.K/c24-27(25,26)20-15-19-13-7-8-14-21(19)22(16-20)23(17-9-3-1-4-10-17)18-11-5-2-6-12-18;/h1-16,23H,(H,24,25,26);/q;+1/p-1. The molecule has 0 spiro atoms. The van der Waals surface area contributed by atoms with Crippen LogP contribution in [0.5, 0.6) is 0 Å². The van der Waals surface area contributed by atoms with Gasteiger partial charge in [-0.2, -0.15) is 0 Å². The van der Waals surface area contributed by atoms with Gasteiger partial charge in [-0.3, -0.25) is 0 Å². The molecule has 4 aromatic carbocycles. The van der Waals surface area contributed by atoms with Gasteiger partial charge in [-0.05, 0) is 39.6 Å². The zero-order valence-electron chi connectivity index (χ0n) is 15.4.